The molecule has 1 aromatic carbocycles. The number of benzene rings is 1. The average Bonchev–Trinajstić information content (AvgIpc) is 3.05. The lowest BCUT2D eigenvalue weighted by Crippen LogP contribution is -2.58. The molecule has 3 rings (SSSR count). The highest BCUT2D eigenvalue weighted by atomic mass is 32.2. The van der Waals surface area contributed by atoms with Crippen LogP contribution in [-0.2, 0) is 16.1 Å². The molecule has 2 aliphatic heterocycles. The number of hydrogen-bond donors (Lipinski definition) is 1. The molecule has 0 radical (unpaired) electrons. The molecule has 1 N–H and O–H groups in total. The van der Waals surface area contributed by atoms with E-state index in [1.54, 1.807) is 4.90 Å². The van der Waals surface area contributed by atoms with Gasteiger partial charge in [0.1, 0.15) is 12.6 Å². The van der Waals surface area contributed by atoms with E-state index < -0.39 is 12.1 Å². The summed E-state index contributed by atoms with van der Waals surface area (Å²) in [7, 11) is 0. The Kier molecular flexibility index (Phi) is 5.80. The fourth-order valence-corrected chi connectivity index (χ4v) is 5.15. The molecule has 5 nitrogen and oxygen atoms in total. The number of amides is 2. The first-order valence-corrected chi connectivity index (χ1v) is 10.3. The number of fused-ring (bicyclic) bond motifs is 1. The quantitative estimate of drug-likeness (QED) is 0.878. The highest BCUT2D eigenvalue weighted by molar-refractivity contribution is 8.00. The van der Waals surface area contributed by atoms with Crippen LogP contribution in [0.15, 0.2) is 30.3 Å². The van der Waals surface area contributed by atoms with Crippen LogP contribution in [0.3, 0.4) is 0 Å². The molecule has 0 aromatic heterocycles. The molecule has 1 aromatic rings. The highest BCUT2D eigenvalue weighted by Gasteiger charge is 2.44. The van der Waals surface area contributed by atoms with Crippen LogP contribution in [-0.4, -0.2) is 46.0 Å². The second-order valence-corrected chi connectivity index (χ2v) is 9.49. The van der Waals surface area contributed by atoms with E-state index in [0.717, 1.165) is 17.7 Å². The largest absolute Gasteiger partial charge is 0.445 e. The first kappa shape index (κ1) is 19.1. The van der Waals surface area contributed by atoms with Crippen LogP contribution in [0.25, 0.3) is 0 Å². The van der Waals surface area contributed by atoms with Crippen LogP contribution in [0.2, 0.25) is 0 Å². The zero-order valence-corrected chi connectivity index (χ0v) is 16.6. The van der Waals surface area contributed by atoms with Crippen molar-refractivity contribution in [2.24, 2.45) is 5.92 Å². The van der Waals surface area contributed by atoms with Crippen LogP contribution in [0, 0.1) is 5.92 Å². The lowest BCUT2D eigenvalue weighted by atomic mass is 9.90. The van der Waals surface area contributed by atoms with Gasteiger partial charge in [0.05, 0.1) is 0 Å². The first-order valence-electron chi connectivity index (χ1n) is 9.24. The molecule has 2 heterocycles. The molecule has 26 heavy (non-hydrogen) atoms. The zero-order valence-electron chi connectivity index (χ0n) is 15.7. The predicted octanol–water partition coefficient (Wildman–Crippen LogP) is 3.43. The van der Waals surface area contributed by atoms with E-state index in [9.17, 15) is 9.59 Å². The van der Waals surface area contributed by atoms with Gasteiger partial charge in [-0.3, -0.25) is 9.69 Å². The van der Waals surface area contributed by atoms with E-state index in [2.05, 4.69) is 5.32 Å². The minimum Gasteiger partial charge on any atom is -0.445 e. The SMILES string of the molecule is CC(C)(C)NC(=O)C1CC2SCCC2CN1C(=O)OCc1ccccc1. The predicted molar refractivity (Wildman–Crippen MR) is 104 cm³/mol. The minimum atomic E-state index is -0.454. The van der Waals surface area contributed by atoms with Crippen molar-refractivity contribution in [1.82, 2.24) is 10.2 Å². The third-order valence-electron chi connectivity index (χ3n) is 4.85. The van der Waals surface area contributed by atoms with Gasteiger partial charge in [-0.15, -0.1) is 0 Å². The van der Waals surface area contributed by atoms with E-state index in [0.29, 0.717) is 24.1 Å². The molecular formula is C20H28N2O3S. The number of nitrogens with one attached hydrogen (secondary N) is 1. The van der Waals surface area contributed by atoms with Crippen molar-refractivity contribution in [2.45, 2.75) is 57.1 Å². The van der Waals surface area contributed by atoms with E-state index >= 15 is 0 Å². The molecule has 0 aliphatic carbocycles. The lowest BCUT2D eigenvalue weighted by molar-refractivity contribution is -0.129. The number of carbonyl (C=O) groups is 2. The third-order valence-corrected chi connectivity index (χ3v) is 6.33. The van der Waals surface area contributed by atoms with Crippen molar-refractivity contribution in [1.29, 1.82) is 0 Å². The Morgan fingerprint density at radius 1 is 1.27 bits per heavy atom. The van der Waals surface area contributed by atoms with E-state index in [1.807, 2.05) is 62.9 Å². The molecule has 2 aliphatic rings. The van der Waals surface area contributed by atoms with E-state index in [4.69, 9.17) is 4.74 Å². The Morgan fingerprint density at radius 3 is 2.69 bits per heavy atom. The van der Waals surface area contributed by atoms with Gasteiger partial charge >= 0.3 is 6.09 Å². The molecular weight excluding hydrogens is 348 g/mol. The second-order valence-electron chi connectivity index (χ2n) is 8.14. The van der Waals surface area contributed by atoms with Crippen molar-refractivity contribution in [3.8, 4) is 0 Å². The maximum Gasteiger partial charge on any atom is 0.410 e. The topological polar surface area (TPSA) is 58.6 Å². The fraction of sp³-hybridized carbons (Fsp3) is 0.600. The summed E-state index contributed by atoms with van der Waals surface area (Å²) >= 11 is 1.93. The summed E-state index contributed by atoms with van der Waals surface area (Å²) in [5, 5.41) is 3.49. The number of rotatable bonds is 3. The molecule has 0 saturated carbocycles. The number of thioether (sulfide) groups is 1. The molecule has 0 bridgehead atoms. The fourth-order valence-electron chi connectivity index (χ4n) is 3.59. The summed E-state index contributed by atoms with van der Waals surface area (Å²) in [6, 6.07) is 9.17. The van der Waals surface area contributed by atoms with Gasteiger partial charge in [-0.1, -0.05) is 30.3 Å². The molecule has 3 atom stereocenters. The van der Waals surface area contributed by atoms with E-state index in [-0.39, 0.29) is 18.1 Å². The highest BCUT2D eigenvalue weighted by Crippen LogP contribution is 2.40. The van der Waals surface area contributed by atoms with Gasteiger partial charge < -0.3 is 10.1 Å². The molecule has 6 heteroatoms. The summed E-state index contributed by atoms with van der Waals surface area (Å²) < 4.78 is 5.53. The maximum atomic E-state index is 12.8. The van der Waals surface area contributed by atoms with Crippen molar-refractivity contribution >= 4 is 23.8 Å². The average molecular weight is 377 g/mol. The summed E-state index contributed by atoms with van der Waals surface area (Å²) in [5.41, 5.74) is 0.624. The van der Waals surface area contributed by atoms with Crippen LogP contribution >= 0.6 is 11.8 Å². The summed E-state index contributed by atoms with van der Waals surface area (Å²) in [6.07, 6.45) is 1.42. The molecule has 2 amide bonds. The number of likely N-dealkylation sites (tertiary alicyclic amines) is 1. The van der Waals surface area contributed by atoms with Gasteiger partial charge in [-0.25, -0.2) is 4.79 Å². The van der Waals surface area contributed by atoms with Crippen molar-refractivity contribution in [2.75, 3.05) is 12.3 Å². The minimum absolute atomic E-state index is 0.0832. The summed E-state index contributed by atoms with van der Waals surface area (Å²) in [6.45, 7) is 6.71. The van der Waals surface area contributed by atoms with Gasteiger partial charge in [0.2, 0.25) is 5.91 Å². The monoisotopic (exact) mass is 376 g/mol. The molecule has 142 valence electrons. The Morgan fingerprint density at radius 2 is 2.00 bits per heavy atom. The van der Waals surface area contributed by atoms with Gasteiger partial charge in [0, 0.05) is 17.3 Å². The Balaban J connectivity index is 1.69. The zero-order chi connectivity index (χ0) is 18.7. The normalized spacial score (nSPS) is 25.5. The maximum absolute atomic E-state index is 12.8. The third kappa shape index (κ3) is 4.72. The van der Waals surface area contributed by atoms with Crippen molar-refractivity contribution < 1.29 is 14.3 Å². The van der Waals surface area contributed by atoms with Crippen LogP contribution < -0.4 is 5.32 Å². The van der Waals surface area contributed by atoms with Gasteiger partial charge in [-0.05, 0) is 50.8 Å². The number of nitrogens with zero attached hydrogens (tertiary/aromatic N) is 1. The van der Waals surface area contributed by atoms with Crippen LogP contribution in [0.4, 0.5) is 4.79 Å². The van der Waals surface area contributed by atoms with Crippen molar-refractivity contribution in [3.05, 3.63) is 35.9 Å². The molecule has 0 spiro atoms. The number of piperidine rings is 1. The Hall–Kier alpha value is -1.69. The lowest BCUT2D eigenvalue weighted by Gasteiger charge is -2.40. The van der Waals surface area contributed by atoms with Gasteiger partial charge in [0.25, 0.3) is 0 Å². The Labute approximate surface area is 159 Å². The summed E-state index contributed by atoms with van der Waals surface area (Å²) in [5.74, 6) is 1.48. The smallest absolute Gasteiger partial charge is 0.410 e. The molecule has 2 saturated heterocycles. The molecule has 3 unspecified atom stereocenters. The standard InChI is InChI=1S/C20H28N2O3S/c1-20(2,3)21-18(23)16-11-17-15(9-10-26-17)12-22(16)19(24)25-13-14-7-5-4-6-8-14/h4-8,15-17H,9-13H2,1-3H3,(H,21,23). The summed E-state index contributed by atoms with van der Waals surface area (Å²) in [4.78, 5) is 27.2. The van der Waals surface area contributed by atoms with E-state index in [1.165, 1.54) is 0 Å². The van der Waals surface area contributed by atoms with Crippen molar-refractivity contribution in [3.63, 3.8) is 0 Å². The Bertz CT molecular complexity index is 644. The second kappa shape index (κ2) is 7.91. The van der Waals surface area contributed by atoms with Crippen LogP contribution in [0.5, 0.6) is 0 Å². The number of hydrogen-bond acceptors (Lipinski definition) is 4. The van der Waals surface area contributed by atoms with Gasteiger partial charge in [0.15, 0.2) is 0 Å². The number of ether oxygens (including phenoxy) is 1. The number of carbonyl (C=O) groups excluding carboxylic acids is 2. The molecule has 2 fully saturated rings. The van der Waals surface area contributed by atoms with Gasteiger partial charge in [-0.2, -0.15) is 11.8 Å². The van der Waals surface area contributed by atoms with Crippen LogP contribution in [0.1, 0.15) is 39.2 Å². The first-order chi connectivity index (χ1) is 12.3.